The molecule has 0 saturated heterocycles. The summed E-state index contributed by atoms with van der Waals surface area (Å²) in [5, 5.41) is 0. The Kier molecular flexibility index (Phi) is 5.04. The van der Waals surface area contributed by atoms with Crippen LogP contribution < -0.4 is 5.56 Å². The number of aromatic nitrogens is 2. The van der Waals surface area contributed by atoms with Gasteiger partial charge in [-0.15, -0.1) is 0 Å². The fourth-order valence-electron chi connectivity index (χ4n) is 1.38. The van der Waals surface area contributed by atoms with Crippen LogP contribution in [0, 0.1) is 0 Å². The molecule has 4 nitrogen and oxygen atoms in total. The number of ether oxygens (including phenoxy) is 1. The summed E-state index contributed by atoms with van der Waals surface area (Å²) in [7, 11) is 0. The number of aryl methyl sites for hydroxylation is 1. The van der Waals surface area contributed by atoms with Crippen LogP contribution in [-0.4, -0.2) is 23.2 Å². The van der Waals surface area contributed by atoms with Crippen molar-refractivity contribution in [2.24, 2.45) is 0 Å². The minimum Gasteiger partial charge on any atom is -0.381 e. The van der Waals surface area contributed by atoms with Crippen LogP contribution in [0.5, 0.6) is 0 Å². The Morgan fingerprint density at radius 3 is 2.87 bits per heavy atom. The number of nitrogens with zero attached hydrogens (tertiary/aromatic N) is 1. The lowest BCUT2D eigenvalue weighted by molar-refractivity contribution is 0.149. The van der Waals surface area contributed by atoms with Gasteiger partial charge in [0, 0.05) is 24.8 Å². The molecule has 1 heterocycles. The summed E-state index contributed by atoms with van der Waals surface area (Å²) < 4.78 is 5.22. The number of aromatic amines is 1. The highest BCUT2D eigenvalue weighted by Crippen LogP contribution is 1.97. The molecular formula is C11H18N2O2. The van der Waals surface area contributed by atoms with Crippen molar-refractivity contribution in [3.8, 4) is 0 Å². The number of hydrogen-bond acceptors (Lipinski definition) is 3. The average molecular weight is 210 g/mol. The summed E-state index contributed by atoms with van der Waals surface area (Å²) in [6.45, 7) is 5.32. The normalized spacial score (nSPS) is 10.5. The van der Waals surface area contributed by atoms with Crippen LogP contribution in [0.25, 0.3) is 0 Å². The van der Waals surface area contributed by atoms with E-state index in [1.54, 1.807) is 6.07 Å². The highest BCUT2D eigenvalue weighted by Gasteiger charge is 2.00. The van der Waals surface area contributed by atoms with Gasteiger partial charge in [0.05, 0.1) is 6.61 Å². The van der Waals surface area contributed by atoms with Gasteiger partial charge in [-0.2, -0.15) is 0 Å². The van der Waals surface area contributed by atoms with E-state index >= 15 is 0 Å². The fraction of sp³-hybridized carbons (Fsp3) is 0.636. The van der Waals surface area contributed by atoms with Crippen LogP contribution in [0.1, 0.15) is 31.8 Å². The molecular weight excluding hydrogens is 192 g/mol. The Labute approximate surface area is 89.7 Å². The van der Waals surface area contributed by atoms with Gasteiger partial charge in [-0.05, 0) is 13.3 Å². The molecule has 15 heavy (non-hydrogen) atoms. The van der Waals surface area contributed by atoms with Crippen LogP contribution in [0.2, 0.25) is 0 Å². The van der Waals surface area contributed by atoms with Crippen molar-refractivity contribution >= 4 is 0 Å². The molecule has 0 fully saturated rings. The van der Waals surface area contributed by atoms with Gasteiger partial charge in [-0.25, -0.2) is 4.98 Å². The molecule has 0 atom stereocenters. The minimum absolute atomic E-state index is 0.0695. The van der Waals surface area contributed by atoms with Gasteiger partial charge in [0.15, 0.2) is 0 Å². The molecule has 0 unspecified atom stereocenters. The van der Waals surface area contributed by atoms with E-state index < -0.39 is 0 Å². The van der Waals surface area contributed by atoms with Gasteiger partial charge < -0.3 is 9.72 Å². The maximum absolute atomic E-state index is 11.3. The van der Waals surface area contributed by atoms with Gasteiger partial charge in [0.1, 0.15) is 5.82 Å². The highest BCUT2D eigenvalue weighted by atomic mass is 16.5. The Morgan fingerprint density at radius 1 is 1.40 bits per heavy atom. The standard InChI is InChI=1S/C11H18N2O2/c1-3-5-9-8-11(14)13-10(12-9)6-7-15-4-2/h8H,3-7H2,1-2H3,(H,12,13,14). The average Bonchev–Trinajstić information content (AvgIpc) is 2.18. The maximum Gasteiger partial charge on any atom is 0.251 e. The third kappa shape index (κ3) is 4.25. The fourth-order valence-corrected chi connectivity index (χ4v) is 1.38. The summed E-state index contributed by atoms with van der Waals surface area (Å²) in [6.07, 6.45) is 2.52. The number of hydrogen-bond donors (Lipinski definition) is 1. The van der Waals surface area contributed by atoms with Crippen molar-refractivity contribution in [3.63, 3.8) is 0 Å². The molecule has 1 aromatic heterocycles. The molecule has 4 heteroatoms. The van der Waals surface area contributed by atoms with Gasteiger partial charge >= 0.3 is 0 Å². The van der Waals surface area contributed by atoms with E-state index in [1.165, 1.54) is 0 Å². The molecule has 0 aliphatic heterocycles. The lowest BCUT2D eigenvalue weighted by Gasteiger charge is -2.03. The summed E-state index contributed by atoms with van der Waals surface area (Å²) in [5.74, 6) is 0.722. The number of nitrogens with one attached hydrogen (secondary N) is 1. The van der Waals surface area contributed by atoms with Crippen LogP contribution in [-0.2, 0) is 17.6 Å². The zero-order valence-electron chi connectivity index (χ0n) is 9.38. The zero-order chi connectivity index (χ0) is 11.1. The van der Waals surface area contributed by atoms with Crippen LogP contribution in [0.4, 0.5) is 0 Å². The highest BCUT2D eigenvalue weighted by molar-refractivity contribution is 5.03. The van der Waals surface area contributed by atoms with Crippen molar-refractivity contribution < 1.29 is 4.74 Å². The molecule has 1 N–H and O–H groups in total. The first-order valence-corrected chi connectivity index (χ1v) is 5.43. The molecule has 0 aliphatic rings. The van der Waals surface area contributed by atoms with E-state index in [1.807, 2.05) is 6.92 Å². The molecule has 0 radical (unpaired) electrons. The van der Waals surface area contributed by atoms with E-state index in [4.69, 9.17) is 4.74 Å². The maximum atomic E-state index is 11.3. The van der Waals surface area contributed by atoms with E-state index in [0.29, 0.717) is 19.6 Å². The Hall–Kier alpha value is -1.16. The summed E-state index contributed by atoms with van der Waals surface area (Å²) in [6, 6.07) is 1.56. The molecule has 1 aromatic rings. The largest absolute Gasteiger partial charge is 0.381 e. The van der Waals surface area contributed by atoms with Crippen LogP contribution in [0.15, 0.2) is 10.9 Å². The van der Waals surface area contributed by atoms with E-state index in [2.05, 4.69) is 16.9 Å². The predicted octanol–water partition coefficient (Wildman–Crippen LogP) is 1.30. The predicted molar refractivity (Wildman–Crippen MR) is 59.0 cm³/mol. The Balaban J connectivity index is 2.66. The topological polar surface area (TPSA) is 55.0 Å². The molecule has 0 aliphatic carbocycles. The van der Waals surface area contributed by atoms with Crippen LogP contribution >= 0.6 is 0 Å². The second kappa shape index (κ2) is 6.35. The Morgan fingerprint density at radius 2 is 2.20 bits per heavy atom. The van der Waals surface area contributed by atoms with Crippen molar-refractivity contribution in [2.75, 3.05) is 13.2 Å². The molecule has 84 valence electrons. The van der Waals surface area contributed by atoms with Gasteiger partial charge in [0.2, 0.25) is 0 Å². The lowest BCUT2D eigenvalue weighted by Crippen LogP contribution is -2.14. The summed E-state index contributed by atoms with van der Waals surface area (Å²) in [5.41, 5.74) is 0.799. The van der Waals surface area contributed by atoms with Crippen molar-refractivity contribution in [1.82, 2.24) is 9.97 Å². The zero-order valence-corrected chi connectivity index (χ0v) is 9.38. The molecule has 1 rings (SSSR count). The first kappa shape index (κ1) is 11.9. The van der Waals surface area contributed by atoms with Gasteiger partial charge in [-0.1, -0.05) is 13.3 Å². The monoisotopic (exact) mass is 210 g/mol. The first-order chi connectivity index (χ1) is 7.26. The molecule has 0 amide bonds. The molecule has 0 spiro atoms. The van der Waals surface area contributed by atoms with Crippen LogP contribution in [0.3, 0.4) is 0 Å². The van der Waals surface area contributed by atoms with E-state index in [-0.39, 0.29) is 5.56 Å². The summed E-state index contributed by atoms with van der Waals surface area (Å²) >= 11 is 0. The van der Waals surface area contributed by atoms with Crippen molar-refractivity contribution in [1.29, 1.82) is 0 Å². The van der Waals surface area contributed by atoms with Gasteiger partial charge in [0.25, 0.3) is 5.56 Å². The second-order valence-corrected chi connectivity index (χ2v) is 3.38. The summed E-state index contributed by atoms with van der Waals surface area (Å²) in [4.78, 5) is 18.4. The smallest absolute Gasteiger partial charge is 0.251 e. The van der Waals surface area contributed by atoms with E-state index in [0.717, 1.165) is 24.4 Å². The molecule has 0 aromatic carbocycles. The quantitative estimate of drug-likeness (QED) is 0.720. The lowest BCUT2D eigenvalue weighted by atomic mass is 10.2. The van der Waals surface area contributed by atoms with Crippen molar-refractivity contribution in [2.45, 2.75) is 33.1 Å². The SMILES string of the molecule is CCCc1cc(=O)[nH]c(CCOCC)n1. The molecule has 0 bridgehead atoms. The second-order valence-electron chi connectivity index (χ2n) is 3.38. The third-order valence-electron chi connectivity index (χ3n) is 2.04. The van der Waals surface area contributed by atoms with Gasteiger partial charge in [-0.3, -0.25) is 4.79 Å². The number of H-pyrrole nitrogens is 1. The molecule has 0 saturated carbocycles. The van der Waals surface area contributed by atoms with Crippen molar-refractivity contribution in [3.05, 3.63) is 27.9 Å². The first-order valence-electron chi connectivity index (χ1n) is 5.43. The number of rotatable bonds is 6. The minimum atomic E-state index is -0.0695. The third-order valence-corrected chi connectivity index (χ3v) is 2.04. The Bertz CT molecular complexity index is 347. The van der Waals surface area contributed by atoms with E-state index in [9.17, 15) is 4.79 Å².